The fourth-order valence-electron chi connectivity index (χ4n) is 3.42. The number of fused-ring (bicyclic) bond motifs is 1. The number of aryl methyl sites for hydroxylation is 1. The number of rotatable bonds is 4. The Morgan fingerprint density at radius 2 is 1.87 bits per heavy atom. The van der Waals surface area contributed by atoms with Crippen molar-refractivity contribution >= 4 is 11.5 Å². The number of nitrogens with zero attached hydrogens (tertiary/aromatic N) is 2. The smallest absolute Gasteiger partial charge is 0.416 e. The Balaban J connectivity index is 1.53. The molecule has 0 saturated heterocycles. The van der Waals surface area contributed by atoms with E-state index in [1.54, 1.807) is 18.2 Å². The molecule has 1 aromatic heterocycles. The Hall–Kier alpha value is -3.29. The molecule has 2 N–H and O–H groups in total. The highest BCUT2D eigenvalue weighted by molar-refractivity contribution is 5.54. The largest absolute Gasteiger partial charge is 0.457 e. The molecule has 0 bridgehead atoms. The zero-order chi connectivity index (χ0) is 21.1. The lowest BCUT2D eigenvalue weighted by atomic mass is 10.0. The lowest BCUT2D eigenvalue weighted by Gasteiger charge is -2.20. The summed E-state index contributed by atoms with van der Waals surface area (Å²) in [7, 11) is 0. The summed E-state index contributed by atoms with van der Waals surface area (Å²) >= 11 is 0. The van der Waals surface area contributed by atoms with Gasteiger partial charge in [0.25, 0.3) is 0 Å². The van der Waals surface area contributed by atoms with Crippen molar-refractivity contribution < 1.29 is 17.9 Å². The molecule has 0 amide bonds. The van der Waals surface area contributed by atoms with Gasteiger partial charge in [0, 0.05) is 30.1 Å². The van der Waals surface area contributed by atoms with Crippen LogP contribution in [0.1, 0.15) is 35.8 Å². The van der Waals surface area contributed by atoms with Crippen LogP contribution in [0, 0.1) is 6.92 Å². The first-order chi connectivity index (χ1) is 14.4. The molecule has 1 atom stereocenters. The summed E-state index contributed by atoms with van der Waals surface area (Å²) in [5.74, 6) is 2.12. The first-order valence-corrected chi connectivity index (χ1v) is 9.67. The number of alkyl halides is 3. The lowest BCUT2D eigenvalue weighted by molar-refractivity contribution is -0.137. The lowest BCUT2D eigenvalue weighted by Crippen LogP contribution is -2.12. The first-order valence-electron chi connectivity index (χ1n) is 9.67. The normalized spacial score (nSPS) is 16.2. The molecule has 1 aliphatic rings. The van der Waals surface area contributed by atoms with Crippen LogP contribution < -0.4 is 15.4 Å². The van der Waals surface area contributed by atoms with Crippen molar-refractivity contribution in [1.29, 1.82) is 0 Å². The van der Waals surface area contributed by atoms with Crippen molar-refractivity contribution in [3.63, 3.8) is 0 Å². The predicted molar refractivity (Wildman–Crippen MR) is 109 cm³/mol. The Morgan fingerprint density at radius 3 is 2.67 bits per heavy atom. The molecule has 0 fully saturated rings. The van der Waals surface area contributed by atoms with Crippen LogP contribution in [0.15, 0.2) is 54.7 Å². The minimum atomic E-state index is -4.41. The van der Waals surface area contributed by atoms with Crippen LogP contribution in [0.25, 0.3) is 0 Å². The zero-order valence-corrected chi connectivity index (χ0v) is 16.3. The van der Waals surface area contributed by atoms with Gasteiger partial charge in [-0.2, -0.15) is 13.2 Å². The molecule has 30 heavy (non-hydrogen) atoms. The Kier molecular flexibility index (Phi) is 5.48. The summed E-state index contributed by atoms with van der Waals surface area (Å²) < 4.78 is 44.5. The molecular weight excluding hydrogens is 393 g/mol. The summed E-state index contributed by atoms with van der Waals surface area (Å²) in [4.78, 5) is 8.81. The van der Waals surface area contributed by atoms with E-state index in [0.717, 1.165) is 48.6 Å². The molecular formula is C22H21F3N4O. The highest BCUT2D eigenvalue weighted by Gasteiger charge is 2.30. The number of hydrogen-bond donors (Lipinski definition) is 2. The first kappa shape index (κ1) is 20.0. The number of benzene rings is 2. The van der Waals surface area contributed by atoms with Crippen molar-refractivity contribution in [2.75, 3.05) is 17.2 Å². The molecule has 2 heterocycles. The summed E-state index contributed by atoms with van der Waals surface area (Å²) in [5, 5.41) is 6.81. The highest BCUT2D eigenvalue weighted by Crippen LogP contribution is 2.34. The summed E-state index contributed by atoms with van der Waals surface area (Å²) in [6.45, 7) is 2.68. The topological polar surface area (TPSA) is 59.1 Å². The molecule has 0 saturated carbocycles. The number of ether oxygens (including phenoxy) is 1. The van der Waals surface area contributed by atoms with E-state index in [0.29, 0.717) is 11.6 Å². The third-order valence-electron chi connectivity index (χ3n) is 4.85. The second-order valence-corrected chi connectivity index (χ2v) is 7.14. The molecule has 0 spiro atoms. The molecule has 0 radical (unpaired) electrons. The van der Waals surface area contributed by atoms with E-state index in [1.807, 2.05) is 19.2 Å². The van der Waals surface area contributed by atoms with Gasteiger partial charge in [-0.25, -0.2) is 9.97 Å². The van der Waals surface area contributed by atoms with Crippen molar-refractivity contribution in [1.82, 2.24) is 9.97 Å². The number of anilines is 2. The number of halogens is 3. The van der Waals surface area contributed by atoms with Crippen molar-refractivity contribution in [3.05, 3.63) is 71.7 Å². The minimum absolute atomic E-state index is 0.0133. The fraction of sp³-hybridized carbons (Fsp3) is 0.273. The van der Waals surface area contributed by atoms with E-state index >= 15 is 0 Å². The van der Waals surface area contributed by atoms with Crippen molar-refractivity contribution in [2.45, 2.75) is 32.0 Å². The minimum Gasteiger partial charge on any atom is -0.457 e. The van der Waals surface area contributed by atoms with Gasteiger partial charge in [-0.1, -0.05) is 12.1 Å². The Bertz CT molecular complexity index is 1040. The predicted octanol–water partition coefficient (Wildman–Crippen LogP) is 5.96. The van der Waals surface area contributed by atoms with Gasteiger partial charge >= 0.3 is 6.18 Å². The van der Waals surface area contributed by atoms with Crippen molar-refractivity contribution in [2.24, 2.45) is 0 Å². The second kappa shape index (κ2) is 8.22. The van der Waals surface area contributed by atoms with Gasteiger partial charge in [-0.3, -0.25) is 0 Å². The maximum absolute atomic E-state index is 12.9. The average Bonchev–Trinajstić information content (AvgIpc) is 2.89. The van der Waals surface area contributed by atoms with Crippen LogP contribution in [-0.4, -0.2) is 16.5 Å². The van der Waals surface area contributed by atoms with Crippen LogP contribution in [0.4, 0.5) is 24.7 Å². The van der Waals surface area contributed by atoms with Gasteiger partial charge in [0.15, 0.2) is 0 Å². The zero-order valence-electron chi connectivity index (χ0n) is 16.3. The van der Waals surface area contributed by atoms with Gasteiger partial charge in [0.05, 0.1) is 11.6 Å². The third-order valence-corrected chi connectivity index (χ3v) is 4.85. The summed E-state index contributed by atoms with van der Waals surface area (Å²) in [6.07, 6.45) is -0.723. The second-order valence-electron chi connectivity index (χ2n) is 7.14. The van der Waals surface area contributed by atoms with E-state index in [1.165, 1.54) is 12.1 Å². The molecule has 8 heteroatoms. The number of hydrogen-bond acceptors (Lipinski definition) is 5. The van der Waals surface area contributed by atoms with Crippen molar-refractivity contribution in [3.8, 4) is 11.5 Å². The average molecular weight is 414 g/mol. The molecule has 1 aliphatic heterocycles. The molecule has 0 aliphatic carbocycles. The van der Waals surface area contributed by atoms with E-state index in [9.17, 15) is 13.2 Å². The third kappa shape index (κ3) is 4.64. The highest BCUT2D eigenvalue weighted by atomic mass is 19.4. The van der Waals surface area contributed by atoms with E-state index in [2.05, 4.69) is 20.6 Å². The molecule has 4 rings (SSSR count). The van der Waals surface area contributed by atoms with Gasteiger partial charge < -0.3 is 15.4 Å². The molecule has 3 aromatic rings. The SMILES string of the molecule is Cc1ncc2c(n1)NCCCC2Nc1cccc(Oc2cccc(C(F)(F)F)c2)c1. The van der Waals surface area contributed by atoms with E-state index in [4.69, 9.17) is 4.74 Å². The maximum atomic E-state index is 12.9. The molecule has 5 nitrogen and oxygen atoms in total. The monoisotopic (exact) mass is 414 g/mol. The van der Waals surface area contributed by atoms with E-state index < -0.39 is 11.7 Å². The summed E-state index contributed by atoms with van der Waals surface area (Å²) in [6, 6.07) is 12.0. The fourth-order valence-corrected chi connectivity index (χ4v) is 3.42. The summed E-state index contributed by atoms with van der Waals surface area (Å²) in [5.41, 5.74) is 1.05. The van der Waals surface area contributed by atoms with Gasteiger partial charge in [-0.05, 0) is 50.1 Å². The maximum Gasteiger partial charge on any atom is 0.416 e. The van der Waals surface area contributed by atoms with Gasteiger partial charge in [0.1, 0.15) is 23.1 Å². The van der Waals surface area contributed by atoms with Crippen LogP contribution >= 0.6 is 0 Å². The quantitative estimate of drug-likeness (QED) is 0.552. The Morgan fingerprint density at radius 1 is 1.10 bits per heavy atom. The van der Waals surface area contributed by atoms with Crippen LogP contribution in [-0.2, 0) is 6.18 Å². The van der Waals surface area contributed by atoms with Gasteiger partial charge in [-0.15, -0.1) is 0 Å². The Labute approximate surface area is 172 Å². The molecule has 156 valence electrons. The van der Waals surface area contributed by atoms with Crippen LogP contribution in [0.5, 0.6) is 11.5 Å². The van der Waals surface area contributed by atoms with Crippen LogP contribution in [0.3, 0.4) is 0 Å². The standard InChI is InChI=1S/C22H21F3N4O/c1-14-27-13-19-20(9-4-10-26-21(19)28-14)29-16-6-3-8-18(12-16)30-17-7-2-5-15(11-17)22(23,24)25/h2-3,5-8,11-13,20,29H,4,9-10H2,1H3,(H,26,27,28). The van der Waals surface area contributed by atoms with Gasteiger partial charge in [0.2, 0.25) is 0 Å². The number of aromatic nitrogens is 2. The van der Waals surface area contributed by atoms with Crippen LogP contribution in [0.2, 0.25) is 0 Å². The number of nitrogens with one attached hydrogen (secondary N) is 2. The molecule has 2 aromatic carbocycles. The molecule has 1 unspecified atom stereocenters. The van der Waals surface area contributed by atoms with E-state index in [-0.39, 0.29) is 11.8 Å².